The minimum absolute atomic E-state index is 0.579. The molecule has 19 heavy (non-hydrogen) atoms. The number of aromatic amines is 1. The Labute approximate surface area is 109 Å². The summed E-state index contributed by atoms with van der Waals surface area (Å²) >= 11 is 0. The van der Waals surface area contributed by atoms with Crippen molar-refractivity contribution in [3.05, 3.63) is 12.4 Å². The molecular weight excluding hydrogens is 244 g/mol. The Morgan fingerprint density at radius 2 is 2.21 bits per heavy atom. The molecule has 8 nitrogen and oxygen atoms in total. The van der Waals surface area contributed by atoms with Gasteiger partial charge in [0.25, 0.3) is 0 Å². The van der Waals surface area contributed by atoms with Crippen LogP contribution in [0, 0.1) is 0 Å². The lowest BCUT2D eigenvalue weighted by Crippen LogP contribution is -2.06. The maximum atomic E-state index is 4.53. The van der Waals surface area contributed by atoms with Gasteiger partial charge in [-0.1, -0.05) is 12.1 Å². The SMILES string of the molecule is CCCNc1nc(-c2cnnn2C)c2cn[nH]c2n1. The van der Waals surface area contributed by atoms with Crippen LogP contribution in [0.1, 0.15) is 13.3 Å². The van der Waals surface area contributed by atoms with Crippen LogP contribution in [-0.2, 0) is 7.05 Å². The van der Waals surface area contributed by atoms with Gasteiger partial charge in [-0.25, -0.2) is 9.67 Å². The van der Waals surface area contributed by atoms with Gasteiger partial charge in [0.15, 0.2) is 5.65 Å². The molecule has 0 aliphatic rings. The first-order valence-corrected chi connectivity index (χ1v) is 6.09. The molecule has 3 heterocycles. The summed E-state index contributed by atoms with van der Waals surface area (Å²) in [6.07, 6.45) is 4.40. The molecule has 0 spiro atoms. The van der Waals surface area contributed by atoms with Gasteiger partial charge in [0.2, 0.25) is 5.95 Å². The lowest BCUT2D eigenvalue weighted by Gasteiger charge is -2.06. The molecule has 0 aliphatic heterocycles. The van der Waals surface area contributed by atoms with E-state index in [9.17, 15) is 0 Å². The summed E-state index contributed by atoms with van der Waals surface area (Å²) in [6, 6.07) is 0. The van der Waals surface area contributed by atoms with Gasteiger partial charge >= 0.3 is 0 Å². The smallest absolute Gasteiger partial charge is 0.225 e. The summed E-state index contributed by atoms with van der Waals surface area (Å²) < 4.78 is 1.68. The molecule has 0 unspecified atom stereocenters. The van der Waals surface area contributed by atoms with Crippen LogP contribution in [-0.4, -0.2) is 41.7 Å². The van der Waals surface area contributed by atoms with Crippen molar-refractivity contribution in [3.8, 4) is 11.4 Å². The third-order valence-corrected chi connectivity index (χ3v) is 2.80. The normalized spacial score (nSPS) is 11.1. The Bertz CT molecular complexity index is 698. The fourth-order valence-electron chi connectivity index (χ4n) is 1.85. The van der Waals surface area contributed by atoms with Gasteiger partial charge in [-0.05, 0) is 6.42 Å². The fourth-order valence-corrected chi connectivity index (χ4v) is 1.85. The van der Waals surface area contributed by atoms with Gasteiger partial charge in [-0.2, -0.15) is 10.1 Å². The number of aryl methyl sites for hydroxylation is 1. The molecular formula is C11H14N8. The first kappa shape index (κ1) is 11.6. The molecule has 3 aromatic heterocycles. The maximum Gasteiger partial charge on any atom is 0.225 e. The predicted molar refractivity (Wildman–Crippen MR) is 70.5 cm³/mol. The molecule has 0 aromatic carbocycles. The Morgan fingerprint density at radius 3 is 2.95 bits per heavy atom. The van der Waals surface area contributed by atoms with E-state index in [0.717, 1.165) is 29.7 Å². The minimum Gasteiger partial charge on any atom is -0.354 e. The molecule has 0 amide bonds. The molecule has 0 saturated carbocycles. The van der Waals surface area contributed by atoms with Crippen LogP contribution in [0.3, 0.4) is 0 Å². The van der Waals surface area contributed by atoms with E-state index in [2.05, 4.69) is 42.7 Å². The zero-order valence-electron chi connectivity index (χ0n) is 10.8. The number of aromatic nitrogens is 7. The lowest BCUT2D eigenvalue weighted by molar-refractivity contribution is 0.719. The molecule has 0 saturated heterocycles. The van der Waals surface area contributed by atoms with E-state index >= 15 is 0 Å². The monoisotopic (exact) mass is 258 g/mol. The second-order valence-corrected chi connectivity index (χ2v) is 4.20. The fraction of sp³-hybridized carbons (Fsp3) is 0.364. The zero-order chi connectivity index (χ0) is 13.2. The highest BCUT2D eigenvalue weighted by atomic mass is 15.4. The molecule has 2 N–H and O–H groups in total. The topological polar surface area (TPSA) is 97.2 Å². The van der Waals surface area contributed by atoms with Crippen LogP contribution in [0.4, 0.5) is 5.95 Å². The lowest BCUT2D eigenvalue weighted by atomic mass is 10.2. The third kappa shape index (κ3) is 2.01. The van der Waals surface area contributed by atoms with E-state index in [0.29, 0.717) is 11.6 Å². The Hall–Kier alpha value is -2.51. The van der Waals surface area contributed by atoms with Crippen molar-refractivity contribution in [1.29, 1.82) is 0 Å². The van der Waals surface area contributed by atoms with E-state index < -0.39 is 0 Å². The summed E-state index contributed by atoms with van der Waals surface area (Å²) in [5.74, 6) is 0.579. The molecule has 8 heteroatoms. The second kappa shape index (κ2) is 4.63. The summed E-state index contributed by atoms with van der Waals surface area (Å²) in [5.41, 5.74) is 2.29. The number of fused-ring (bicyclic) bond motifs is 1. The van der Waals surface area contributed by atoms with Crippen LogP contribution in [0.25, 0.3) is 22.4 Å². The van der Waals surface area contributed by atoms with Crippen molar-refractivity contribution >= 4 is 17.0 Å². The Morgan fingerprint density at radius 1 is 1.32 bits per heavy atom. The average Bonchev–Trinajstić information content (AvgIpc) is 3.03. The standard InChI is InChI=1S/C11H14N8/c1-3-4-12-11-15-9(8-6-14-18-19(8)2)7-5-13-17-10(7)16-11/h5-6H,3-4H2,1-2H3,(H2,12,13,15,16,17). The van der Waals surface area contributed by atoms with Gasteiger partial charge in [-0.3, -0.25) is 5.10 Å². The van der Waals surface area contributed by atoms with Crippen molar-refractivity contribution in [3.63, 3.8) is 0 Å². The quantitative estimate of drug-likeness (QED) is 0.723. The van der Waals surface area contributed by atoms with Gasteiger partial charge < -0.3 is 5.32 Å². The first-order valence-electron chi connectivity index (χ1n) is 6.09. The average molecular weight is 258 g/mol. The molecule has 98 valence electrons. The van der Waals surface area contributed by atoms with Crippen LogP contribution in [0.5, 0.6) is 0 Å². The largest absolute Gasteiger partial charge is 0.354 e. The number of nitrogens with zero attached hydrogens (tertiary/aromatic N) is 6. The van der Waals surface area contributed by atoms with Crippen molar-refractivity contribution in [2.75, 3.05) is 11.9 Å². The molecule has 3 rings (SSSR count). The van der Waals surface area contributed by atoms with Crippen LogP contribution >= 0.6 is 0 Å². The van der Waals surface area contributed by atoms with Crippen molar-refractivity contribution in [2.24, 2.45) is 7.05 Å². The summed E-state index contributed by atoms with van der Waals surface area (Å²) in [7, 11) is 1.83. The summed E-state index contributed by atoms with van der Waals surface area (Å²) in [5, 5.41) is 18.7. The van der Waals surface area contributed by atoms with Crippen molar-refractivity contribution in [1.82, 2.24) is 35.2 Å². The van der Waals surface area contributed by atoms with E-state index in [1.807, 2.05) is 7.05 Å². The zero-order valence-corrected chi connectivity index (χ0v) is 10.8. The minimum atomic E-state index is 0.579. The maximum absolute atomic E-state index is 4.53. The highest BCUT2D eigenvalue weighted by molar-refractivity contribution is 5.89. The number of nitrogens with one attached hydrogen (secondary N) is 2. The van der Waals surface area contributed by atoms with Gasteiger partial charge in [0.1, 0.15) is 11.4 Å². The molecule has 0 bridgehead atoms. The first-order chi connectivity index (χ1) is 9.29. The van der Waals surface area contributed by atoms with E-state index in [-0.39, 0.29) is 0 Å². The summed E-state index contributed by atoms with van der Waals surface area (Å²) in [6.45, 7) is 2.91. The van der Waals surface area contributed by atoms with Gasteiger partial charge in [0, 0.05) is 13.6 Å². The van der Waals surface area contributed by atoms with Crippen molar-refractivity contribution < 1.29 is 0 Å². The number of hydrogen-bond acceptors (Lipinski definition) is 6. The number of anilines is 1. The Balaban J connectivity index is 2.16. The molecule has 3 aromatic rings. The molecule has 0 atom stereocenters. The van der Waals surface area contributed by atoms with Gasteiger partial charge in [-0.15, -0.1) is 5.10 Å². The van der Waals surface area contributed by atoms with E-state index in [1.165, 1.54) is 0 Å². The predicted octanol–water partition coefficient (Wildman–Crippen LogP) is 0.970. The Kier molecular flexibility index (Phi) is 2.82. The van der Waals surface area contributed by atoms with Gasteiger partial charge in [0.05, 0.1) is 17.8 Å². The van der Waals surface area contributed by atoms with E-state index in [1.54, 1.807) is 17.1 Å². The van der Waals surface area contributed by atoms with Crippen LogP contribution < -0.4 is 5.32 Å². The van der Waals surface area contributed by atoms with Crippen LogP contribution in [0.15, 0.2) is 12.4 Å². The van der Waals surface area contributed by atoms with Crippen LogP contribution in [0.2, 0.25) is 0 Å². The molecule has 0 radical (unpaired) electrons. The number of H-pyrrole nitrogens is 1. The number of rotatable bonds is 4. The molecule has 0 aliphatic carbocycles. The second-order valence-electron chi connectivity index (χ2n) is 4.20. The highest BCUT2D eigenvalue weighted by Gasteiger charge is 2.14. The highest BCUT2D eigenvalue weighted by Crippen LogP contribution is 2.24. The third-order valence-electron chi connectivity index (χ3n) is 2.80. The summed E-state index contributed by atoms with van der Waals surface area (Å²) in [4.78, 5) is 8.91. The van der Waals surface area contributed by atoms with Crippen molar-refractivity contribution in [2.45, 2.75) is 13.3 Å². The van der Waals surface area contributed by atoms with E-state index in [4.69, 9.17) is 0 Å². The molecule has 0 fully saturated rings. The number of hydrogen-bond donors (Lipinski definition) is 2.